The van der Waals surface area contributed by atoms with Gasteiger partial charge in [0.15, 0.2) is 22.8 Å². The summed E-state index contributed by atoms with van der Waals surface area (Å²) in [6, 6.07) is 0. The molecule has 2 fully saturated rings. The van der Waals surface area contributed by atoms with Gasteiger partial charge in [-0.2, -0.15) is 0 Å². The Balaban J connectivity index is 1.51. The summed E-state index contributed by atoms with van der Waals surface area (Å²) in [6.45, 7) is 14.9. The first-order valence-corrected chi connectivity index (χ1v) is 14.1. The normalized spacial score (nSPS) is 17.9. The van der Waals surface area contributed by atoms with Gasteiger partial charge >= 0.3 is 12.2 Å². The highest BCUT2D eigenvalue weighted by Gasteiger charge is 2.34. The Morgan fingerprint density at radius 1 is 0.929 bits per heavy atom. The zero-order valence-electron chi connectivity index (χ0n) is 25.0. The lowest BCUT2D eigenvalue weighted by molar-refractivity contribution is 0.0427. The van der Waals surface area contributed by atoms with Gasteiger partial charge in [-0.05, 0) is 48.0 Å². The van der Waals surface area contributed by atoms with Gasteiger partial charge < -0.3 is 28.4 Å². The number of amides is 2. The predicted octanol–water partition coefficient (Wildman–Crippen LogP) is 3.83. The first-order valence-electron chi connectivity index (χ1n) is 14.1. The van der Waals surface area contributed by atoms with Crippen molar-refractivity contribution in [3.63, 3.8) is 0 Å². The molecule has 2 aliphatic rings. The van der Waals surface area contributed by atoms with Gasteiger partial charge in [0.1, 0.15) is 11.2 Å². The largest absolute Gasteiger partial charge is 0.443 e. The van der Waals surface area contributed by atoms with E-state index < -0.39 is 23.4 Å². The molecule has 2 saturated heterocycles. The van der Waals surface area contributed by atoms with Gasteiger partial charge in [0.25, 0.3) is 0 Å². The number of imidazole rings is 1. The van der Waals surface area contributed by atoms with Crippen molar-refractivity contribution in [1.29, 1.82) is 0 Å². The Morgan fingerprint density at radius 3 is 2.14 bits per heavy atom. The van der Waals surface area contributed by atoms with Gasteiger partial charge in [0.05, 0.1) is 31.7 Å². The average molecular weight is 583 g/mol. The molecule has 5 rings (SSSR count). The number of fused-ring (bicyclic) bond motifs is 1. The molecule has 0 radical (unpaired) electrons. The molecule has 5 heterocycles. The van der Waals surface area contributed by atoms with Crippen molar-refractivity contribution in [2.75, 3.05) is 49.3 Å². The zero-order chi connectivity index (χ0) is 30.1. The molecule has 2 amide bonds. The third-order valence-electron chi connectivity index (χ3n) is 6.48. The van der Waals surface area contributed by atoms with Crippen molar-refractivity contribution in [3.05, 3.63) is 18.7 Å². The fraction of sp³-hybridized carbons (Fsp3) is 0.607. The van der Waals surface area contributed by atoms with E-state index in [1.54, 1.807) is 47.9 Å². The van der Waals surface area contributed by atoms with Crippen LogP contribution in [0.5, 0.6) is 0 Å². The van der Waals surface area contributed by atoms with Crippen LogP contribution in [0.4, 0.5) is 21.4 Å². The molecule has 3 aromatic rings. The highest BCUT2D eigenvalue weighted by atomic mass is 16.6. The molecule has 0 aromatic carbocycles. The molecule has 2 aliphatic heterocycles. The van der Waals surface area contributed by atoms with Crippen molar-refractivity contribution in [2.45, 2.75) is 65.7 Å². The summed E-state index contributed by atoms with van der Waals surface area (Å²) < 4.78 is 24.0. The average Bonchev–Trinajstić information content (AvgIpc) is 3.58. The zero-order valence-corrected chi connectivity index (χ0v) is 25.0. The third-order valence-corrected chi connectivity index (χ3v) is 6.48. The minimum absolute atomic E-state index is 0.192. The van der Waals surface area contributed by atoms with Crippen LogP contribution in [0.15, 0.2) is 18.7 Å². The van der Waals surface area contributed by atoms with E-state index in [1.165, 1.54) is 12.4 Å². The topological polar surface area (TPSA) is 147 Å². The van der Waals surface area contributed by atoms with Crippen molar-refractivity contribution in [3.8, 4) is 11.4 Å². The summed E-state index contributed by atoms with van der Waals surface area (Å²) in [5.74, 6) is 1.28. The molecule has 1 atom stereocenters. The molecule has 0 bridgehead atoms. The number of aromatic nitrogens is 6. The van der Waals surface area contributed by atoms with Crippen LogP contribution >= 0.6 is 0 Å². The van der Waals surface area contributed by atoms with Crippen LogP contribution in [-0.4, -0.2) is 92.4 Å². The summed E-state index contributed by atoms with van der Waals surface area (Å²) in [6.07, 6.45) is 3.83. The predicted molar refractivity (Wildman–Crippen MR) is 153 cm³/mol. The molecule has 14 nitrogen and oxygen atoms in total. The maximum absolute atomic E-state index is 13.0. The van der Waals surface area contributed by atoms with E-state index in [0.717, 1.165) is 19.6 Å². The number of ether oxygens (including phenoxy) is 4. The van der Waals surface area contributed by atoms with E-state index >= 15 is 0 Å². The van der Waals surface area contributed by atoms with Gasteiger partial charge in [0.2, 0.25) is 5.95 Å². The number of hydrogen-bond donors (Lipinski definition) is 0. The van der Waals surface area contributed by atoms with Crippen molar-refractivity contribution >= 4 is 35.1 Å². The fourth-order valence-electron chi connectivity index (χ4n) is 4.60. The Morgan fingerprint density at radius 2 is 1.57 bits per heavy atom. The van der Waals surface area contributed by atoms with E-state index in [-0.39, 0.29) is 5.95 Å². The van der Waals surface area contributed by atoms with Crippen molar-refractivity contribution < 1.29 is 28.5 Å². The van der Waals surface area contributed by atoms with Crippen LogP contribution in [0.25, 0.3) is 22.6 Å². The molecule has 0 aliphatic carbocycles. The van der Waals surface area contributed by atoms with E-state index in [1.807, 2.05) is 4.57 Å². The number of morpholine rings is 1. The Kier molecular flexibility index (Phi) is 8.28. The SMILES string of the molecule is CC(C)(C)OC(=O)N(C(=O)OC(C)(C)C)c1ncc(-c2nc(N3CCOCC3)c3ncn(CC4CCOC4)c3n2)cn1. The first kappa shape index (κ1) is 29.6. The number of nitrogens with zero attached hydrogens (tertiary/aromatic N) is 8. The molecular weight excluding hydrogens is 544 g/mol. The fourth-order valence-corrected chi connectivity index (χ4v) is 4.60. The summed E-state index contributed by atoms with van der Waals surface area (Å²) >= 11 is 0. The molecule has 1 unspecified atom stereocenters. The highest BCUT2D eigenvalue weighted by Crippen LogP contribution is 2.29. The van der Waals surface area contributed by atoms with E-state index in [9.17, 15) is 9.59 Å². The second-order valence-electron chi connectivity index (χ2n) is 12.3. The first-order chi connectivity index (χ1) is 19.9. The van der Waals surface area contributed by atoms with Crippen LogP contribution in [0.1, 0.15) is 48.0 Å². The molecular formula is C28H38N8O6. The molecule has 0 spiro atoms. The molecule has 3 aromatic heterocycles. The lowest BCUT2D eigenvalue weighted by Gasteiger charge is -2.28. The summed E-state index contributed by atoms with van der Waals surface area (Å²) in [4.78, 5) is 51.9. The lowest BCUT2D eigenvalue weighted by atomic mass is 10.1. The number of rotatable bonds is 5. The van der Waals surface area contributed by atoms with Gasteiger partial charge in [-0.25, -0.2) is 34.5 Å². The van der Waals surface area contributed by atoms with Gasteiger partial charge in [0, 0.05) is 44.6 Å². The number of imide groups is 1. The smallest absolute Gasteiger partial charge is 0.427 e. The Labute approximate surface area is 244 Å². The monoisotopic (exact) mass is 582 g/mol. The minimum Gasteiger partial charge on any atom is -0.443 e. The summed E-state index contributed by atoms with van der Waals surface area (Å²) in [5.41, 5.74) is 0.189. The van der Waals surface area contributed by atoms with E-state index in [4.69, 9.17) is 28.9 Å². The number of anilines is 2. The van der Waals surface area contributed by atoms with Crippen LogP contribution < -0.4 is 9.80 Å². The van der Waals surface area contributed by atoms with Crippen LogP contribution in [0.2, 0.25) is 0 Å². The lowest BCUT2D eigenvalue weighted by Crippen LogP contribution is -2.44. The maximum Gasteiger partial charge on any atom is 0.427 e. The summed E-state index contributed by atoms with van der Waals surface area (Å²) in [7, 11) is 0. The van der Waals surface area contributed by atoms with Crippen LogP contribution in [0.3, 0.4) is 0 Å². The number of carbonyl (C=O) groups excluding carboxylic acids is 2. The van der Waals surface area contributed by atoms with Crippen molar-refractivity contribution in [2.24, 2.45) is 5.92 Å². The standard InChI is InChI=1S/C28H38N8O6/c1-27(2,3)41-25(37)36(26(38)42-28(4,5)6)24-29-13-19(14-30-24)21-32-22(34-8-11-39-12-9-34)20-23(33-21)35(17-31-20)15-18-7-10-40-16-18/h13-14,17-18H,7-12,15-16H2,1-6H3. The second kappa shape index (κ2) is 11.8. The Bertz CT molecular complexity index is 1390. The van der Waals surface area contributed by atoms with Crippen LogP contribution in [-0.2, 0) is 25.5 Å². The molecule has 14 heteroatoms. The molecule has 0 N–H and O–H groups in total. The maximum atomic E-state index is 13.0. The molecule has 226 valence electrons. The molecule has 0 saturated carbocycles. The van der Waals surface area contributed by atoms with Gasteiger partial charge in [-0.3, -0.25) is 0 Å². The number of carbonyl (C=O) groups is 2. The Hall–Kier alpha value is -3.91. The van der Waals surface area contributed by atoms with E-state index in [2.05, 4.69) is 19.9 Å². The third kappa shape index (κ3) is 6.93. The summed E-state index contributed by atoms with van der Waals surface area (Å²) in [5, 5.41) is 0. The van der Waals surface area contributed by atoms with Crippen LogP contribution in [0, 0.1) is 5.92 Å². The highest BCUT2D eigenvalue weighted by molar-refractivity contribution is 6.08. The van der Waals surface area contributed by atoms with E-state index in [0.29, 0.717) is 72.1 Å². The quantitative estimate of drug-likeness (QED) is 0.431. The second-order valence-corrected chi connectivity index (χ2v) is 12.3. The number of hydrogen-bond acceptors (Lipinski definition) is 12. The van der Waals surface area contributed by atoms with Crippen molar-refractivity contribution in [1.82, 2.24) is 29.5 Å². The molecule has 42 heavy (non-hydrogen) atoms. The minimum atomic E-state index is -0.948. The van der Waals surface area contributed by atoms with Gasteiger partial charge in [-0.15, -0.1) is 4.90 Å². The van der Waals surface area contributed by atoms with Gasteiger partial charge in [-0.1, -0.05) is 0 Å².